The van der Waals surface area contributed by atoms with Crippen LogP contribution < -0.4 is 9.47 Å². The van der Waals surface area contributed by atoms with Gasteiger partial charge < -0.3 is 9.47 Å². The van der Waals surface area contributed by atoms with Crippen LogP contribution in [0.1, 0.15) is 18.9 Å². The summed E-state index contributed by atoms with van der Waals surface area (Å²) in [4.78, 5) is 10.3. The molecule has 0 heterocycles. The second kappa shape index (κ2) is 5.89. The molecule has 0 saturated carbocycles. The summed E-state index contributed by atoms with van der Waals surface area (Å²) in [5, 5.41) is 10.7. The van der Waals surface area contributed by atoms with Crippen LogP contribution >= 0.6 is 0 Å². The predicted octanol–water partition coefficient (Wildman–Crippen LogP) is 2.73. The third-order valence-electron chi connectivity index (χ3n) is 2.30. The molecule has 0 aliphatic heterocycles. The maximum Gasteiger partial charge on any atom is 0.246 e. The molecule has 0 aromatic heterocycles. The van der Waals surface area contributed by atoms with Crippen LogP contribution in [0.15, 0.2) is 23.9 Å². The average molecular weight is 237 g/mol. The highest BCUT2D eigenvalue weighted by Crippen LogP contribution is 2.24. The van der Waals surface area contributed by atoms with E-state index in [-0.39, 0.29) is 10.6 Å². The van der Waals surface area contributed by atoms with Gasteiger partial charge in [0.1, 0.15) is 11.5 Å². The molecule has 1 aromatic rings. The van der Waals surface area contributed by atoms with Crippen LogP contribution in [-0.2, 0) is 0 Å². The average Bonchev–Trinajstić information content (AvgIpc) is 2.34. The van der Waals surface area contributed by atoms with Crippen molar-refractivity contribution in [3.05, 3.63) is 39.6 Å². The van der Waals surface area contributed by atoms with Gasteiger partial charge in [-0.25, -0.2) is 0 Å². The highest BCUT2D eigenvalue weighted by Gasteiger charge is 2.08. The molecule has 0 aliphatic rings. The zero-order valence-corrected chi connectivity index (χ0v) is 10.1. The lowest BCUT2D eigenvalue weighted by molar-refractivity contribution is -0.425. The van der Waals surface area contributed by atoms with Crippen molar-refractivity contribution in [3.8, 4) is 11.5 Å². The quantitative estimate of drug-likeness (QED) is 0.583. The number of rotatable bonds is 5. The fraction of sp³-hybridized carbons (Fsp3) is 0.333. The summed E-state index contributed by atoms with van der Waals surface area (Å²) >= 11 is 0. The third-order valence-corrected chi connectivity index (χ3v) is 2.30. The van der Waals surface area contributed by atoms with Gasteiger partial charge >= 0.3 is 0 Å². The molecule has 0 atom stereocenters. The molecular weight excluding hydrogens is 222 g/mol. The van der Waals surface area contributed by atoms with Gasteiger partial charge in [-0.2, -0.15) is 0 Å². The van der Waals surface area contributed by atoms with Crippen LogP contribution in [-0.4, -0.2) is 19.1 Å². The smallest absolute Gasteiger partial charge is 0.246 e. The first-order valence-corrected chi connectivity index (χ1v) is 5.18. The SMILES string of the molecule is CC/C(=C\c1cc(OC)cc(OC)c1)[N+](=O)[O-]. The van der Waals surface area contributed by atoms with Crippen LogP contribution in [0, 0.1) is 10.1 Å². The van der Waals surface area contributed by atoms with E-state index in [4.69, 9.17) is 9.47 Å². The normalized spacial score (nSPS) is 11.1. The maximum absolute atomic E-state index is 10.7. The van der Waals surface area contributed by atoms with E-state index in [0.717, 1.165) is 0 Å². The Kier molecular flexibility index (Phi) is 4.51. The van der Waals surface area contributed by atoms with Crippen molar-refractivity contribution in [3.63, 3.8) is 0 Å². The van der Waals surface area contributed by atoms with Gasteiger partial charge in [-0.1, -0.05) is 6.92 Å². The van der Waals surface area contributed by atoms with Gasteiger partial charge in [0.2, 0.25) is 5.70 Å². The minimum absolute atomic E-state index is 0.153. The molecule has 0 aliphatic carbocycles. The van der Waals surface area contributed by atoms with Crippen molar-refractivity contribution >= 4 is 6.08 Å². The minimum atomic E-state index is -0.383. The first-order valence-electron chi connectivity index (χ1n) is 5.18. The highest BCUT2D eigenvalue weighted by molar-refractivity contribution is 5.56. The van der Waals surface area contributed by atoms with Gasteiger partial charge in [0.15, 0.2) is 0 Å². The molecule has 17 heavy (non-hydrogen) atoms. The van der Waals surface area contributed by atoms with Crippen molar-refractivity contribution in [2.75, 3.05) is 14.2 Å². The van der Waals surface area contributed by atoms with Gasteiger partial charge in [-0.05, 0) is 17.7 Å². The molecule has 5 heteroatoms. The molecule has 5 nitrogen and oxygen atoms in total. The first kappa shape index (κ1) is 13.0. The Morgan fingerprint density at radius 3 is 2.18 bits per heavy atom. The summed E-state index contributed by atoms with van der Waals surface area (Å²) in [6.07, 6.45) is 1.89. The summed E-state index contributed by atoms with van der Waals surface area (Å²) in [5.41, 5.74) is 0.843. The lowest BCUT2D eigenvalue weighted by Gasteiger charge is -2.05. The summed E-state index contributed by atoms with van der Waals surface area (Å²) in [6, 6.07) is 5.17. The summed E-state index contributed by atoms with van der Waals surface area (Å²) in [5.74, 6) is 1.21. The van der Waals surface area contributed by atoms with Crippen LogP contribution in [0.3, 0.4) is 0 Å². The number of benzene rings is 1. The lowest BCUT2D eigenvalue weighted by atomic mass is 10.1. The lowest BCUT2D eigenvalue weighted by Crippen LogP contribution is -1.97. The van der Waals surface area contributed by atoms with E-state index in [9.17, 15) is 10.1 Å². The largest absolute Gasteiger partial charge is 0.497 e. The summed E-state index contributed by atoms with van der Waals surface area (Å²) in [7, 11) is 3.08. The van der Waals surface area contributed by atoms with Gasteiger partial charge in [-0.3, -0.25) is 10.1 Å². The zero-order valence-electron chi connectivity index (χ0n) is 10.1. The third kappa shape index (κ3) is 3.48. The number of nitro groups is 1. The van der Waals surface area contributed by atoms with Crippen LogP contribution in [0.4, 0.5) is 0 Å². The van der Waals surface area contributed by atoms with Crippen molar-refractivity contribution in [1.29, 1.82) is 0 Å². The van der Waals surface area contributed by atoms with E-state index in [1.807, 2.05) is 0 Å². The Labute approximate surface area is 99.8 Å². The van der Waals surface area contributed by atoms with Gasteiger partial charge in [0, 0.05) is 18.6 Å². The van der Waals surface area contributed by atoms with Crippen molar-refractivity contribution in [2.24, 2.45) is 0 Å². The summed E-state index contributed by atoms with van der Waals surface area (Å²) < 4.78 is 10.2. The molecule has 1 rings (SSSR count). The highest BCUT2D eigenvalue weighted by atomic mass is 16.6. The number of ether oxygens (including phenoxy) is 2. The van der Waals surface area contributed by atoms with Gasteiger partial charge in [0.25, 0.3) is 0 Å². The maximum atomic E-state index is 10.7. The van der Waals surface area contributed by atoms with Crippen molar-refractivity contribution < 1.29 is 14.4 Å². The van der Waals surface area contributed by atoms with Crippen LogP contribution in [0.2, 0.25) is 0 Å². The van der Waals surface area contributed by atoms with E-state index >= 15 is 0 Å². The molecule has 0 fully saturated rings. The number of allylic oxidation sites excluding steroid dienone is 1. The van der Waals surface area contributed by atoms with Crippen LogP contribution in [0.25, 0.3) is 6.08 Å². The second-order valence-electron chi connectivity index (χ2n) is 3.39. The topological polar surface area (TPSA) is 61.6 Å². The van der Waals surface area contributed by atoms with E-state index in [0.29, 0.717) is 23.5 Å². The Morgan fingerprint density at radius 1 is 1.29 bits per heavy atom. The Balaban J connectivity index is 3.16. The Bertz CT molecular complexity index is 418. The van der Waals surface area contributed by atoms with Gasteiger partial charge in [0.05, 0.1) is 19.1 Å². The fourth-order valence-corrected chi connectivity index (χ4v) is 1.39. The molecule has 0 spiro atoms. The molecule has 0 saturated heterocycles. The van der Waals surface area contributed by atoms with E-state index in [1.165, 1.54) is 20.3 Å². The van der Waals surface area contributed by atoms with Gasteiger partial charge in [-0.15, -0.1) is 0 Å². The number of nitrogens with zero attached hydrogens (tertiary/aromatic N) is 1. The van der Waals surface area contributed by atoms with E-state index < -0.39 is 0 Å². The molecule has 0 bridgehead atoms. The van der Waals surface area contributed by atoms with E-state index in [1.54, 1.807) is 25.1 Å². The molecule has 1 aromatic carbocycles. The Hall–Kier alpha value is -2.04. The van der Waals surface area contributed by atoms with Crippen molar-refractivity contribution in [2.45, 2.75) is 13.3 Å². The summed E-state index contributed by atoms with van der Waals surface area (Å²) in [6.45, 7) is 1.74. The predicted molar refractivity (Wildman–Crippen MR) is 64.8 cm³/mol. The molecule has 0 amide bonds. The number of hydrogen-bond donors (Lipinski definition) is 0. The number of hydrogen-bond acceptors (Lipinski definition) is 4. The molecule has 0 unspecified atom stereocenters. The molecule has 0 N–H and O–H groups in total. The van der Waals surface area contributed by atoms with Crippen molar-refractivity contribution in [1.82, 2.24) is 0 Å². The standard InChI is InChI=1S/C12H15NO4/c1-4-10(13(14)15)5-9-6-11(16-2)8-12(7-9)17-3/h5-8H,4H2,1-3H3/b10-5+. The number of methoxy groups -OCH3 is 2. The van der Waals surface area contributed by atoms with E-state index in [2.05, 4.69) is 0 Å². The monoisotopic (exact) mass is 237 g/mol. The fourth-order valence-electron chi connectivity index (χ4n) is 1.39. The van der Waals surface area contributed by atoms with Crippen LogP contribution in [0.5, 0.6) is 11.5 Å². The first-order chi connectivity index (χ1) is 8.10. The zero-order chi connectivity index (χ0) is 12.8. The Morgan fingerprint density at radius 2 is 1.82 bits per heavy atom. The second-order valence-corrected chi connectivity index (χ2v) is 3.39. The molecule has 92 valence electrons. The minimum Gasteiger partial charge on any atom is -0.497 e. The molecule has 0 radical (unpaired) electrons. The molecular formula is C12H15NO4.